The summed E-state index contributed by atoms with van der Waals surface area (Å²) in [5.74, 6) is -2.05. The Morgan fingerprint density at radius 1 is 1.38 bits per heavy atom. The lowest BCUT2D eigenvalue weighted by molar-refractivity contribution is -0.139. The molecule has 0 saturated heterocycles. The molecule has 0 fully saturated rings. The van der Waals surface area contributed by atoms with Gasteiger partial charge >= 0.3 is 5.97 Å². The van der Waals surface area contributed by atoms with Gasteiger partial charge in [-0.05, 0) is 30.7 Å². The number of carboxylic acid groups (broad SMARTS) is 1. The summed E-state index contributed by atoms with van der Waals surface area (Å²) in [6.07, 6.45) is 0.294. The molecule has 16 heavy (non-hydrogen) atoms. The van der Waals surface area contributed by atoms with Crippen LogP contribution in [0.4, 0.5) is 4.39 Å². The number of benzene rings is 1. The molecule has 0 aromatic heterocycles. The first-order valence-electron chi connectivity index (χ1n) is 4.83. The van der Waals surface area contributed by atoms with Gasteiger partial charge in [0.2, 0.25) is 0 Å². The number of carboxylic acids is 1. The predicted molar refractivity (Wildman–Crippen MR) is 55.6 cm³/mol. The van der Waals surface area contributed by atoms with Crippen molar-refractivity contribution < 1.29 is 19.1 Å². The van der Waals surface area contributed by atoms with E-state index in [-0.39, 0.29) is 5.56 Å². The summed E-state index contributed by atoms with van der Waals surface area (Å²) >= 11 is 0. The van der Waals surface area contributed by atoms with Crippen molar-refractivity contribution >= 4 is 11.9 Å². The minimum absolute atomic E-state index is 0.237. The zero-order chi connectivity index (χ0) is 12.1. The van der Waals surface area contributed by atoms with E-state index in [4.69, 9.17) is 5.11 Å². The van der Waals surface area contributed by atoms with Crippen molar-refractivity contribution in [3.8, 4) is 0 Å². The SMILES string of the molecule is CC[C@H](NC(=O)c1ccc(F)cc1)C(=O)O. The summed E-state index contributed by atoms with van der Waals surface area (Å²) in [6, 6.07) is 3.99. The van der Waals surface area contributed by atoms with Gasteiger partial charge in [0, 0.05) is 5.56 Å². The van der Waals surface area contributed by atoms with Gasteiger partial charge < -0.3 is 10.4 Å². The second-order valence-corrected chi connectivity index (χ2v) is 3.28. The number of amides is 1. The number of nitrogens with one attached hydrogen (secondary N) is 1. The van der Waals surface area contributed by atoms with Gasteiger partial charge in [-0.25, -0.2) is 9.18 Å². The minimum atomic E-state index is -1.09. The van der Waals surface area contributed by atoms with Crippen LogP contribution in [0.15, 0.2) is 24.3 Å². The highest BCUT2D eigenvalue weighted by Crippen LogP contribution is 2.03. The lowest BCUT2D eigenvalue weighted by Gasteiger charge is -2.11. The van der Waals surface area contributed by atoms with Crippen LogP contribution >= 0.6 is 0 Å². The standard InChI is InChI=1S/C11H12FNO3/c1-2-9(11(15)16)13-10(14)7-3-5-8(12)6-4-7/h3-6,9H,2H2,1H3,(H,13,14)(H,15,16)/t9-/m0/s1. The number of hydrogen-bond acceptors (Lipinski definition) is 2. The maximum Gasteiger partial charge on any atom is 0.326 e. The highest BCUT2D eigenvalue weighted by molar-refractivity contribution is 5.96. The van der Waals surface area contributed by atoms with Crippen LogP contribution in [0.2, 0.25) is 0 Å². The molecule has 0 heterocycles. The molecule has 5 heteroatoms. The third kappa shape index (κ3) is 3.05. The van der Waals surface area contributed by atoms with Gasteiger partial charge in [0.15, 0.2) is 0 Å². The minimum Gasteiger partial charge on any atom is -0.480 e. The third-order valence-electron chi connectivity index (χ3n) is 2.12. The maximum atomic E-state index is 12.6. The lowest BCUT2D eigenvalue weighted by Crippen LogP contribution is -2.40. The van der Waals surface area contributed by atoms with Crippen LogP contribution in [0.3, 0.4) is 0 Å². The van der Waals surface area contributed by atoms with E-state index in [0.717, 1.165) is 12.1 Å². The first-order chi connectivity index (χ1) is 7.54. The van der Waals surface area contributed by atoms with Gasteiger partial charge in [-0.1, -0.05) is 6.92 Å². The van der Waals surface area contributed by atoms with Crippen molar-refractivity contribution in [1.29, 1.82) is 0 Å². The lowest BCUT2D eigenvalue weighted by atomic mass is 10.1. The average Bonchev–Trinajstić information content (AvgIpc) is 2.26. The first-order valence-corrected chi connectivity index (χ1v) is 4.83. The molecule has 1 rings (SSSR count). The molecule has 0 unspecified atom stereocenters. The van der Waals surface area contributed by atoms with Gasteiger partial charge in [0.25, 0.3) is 5.91 Å². The molecular formula is C11H12FNO3. The van der Waals surface area contributed by atoms with Crippen molar-refractivity contribution in [3.63, 3.8) is 0 Å². The largest absolute Gasteiger partial charge is 0.480 e. The van der Waals surface area contributed by atoms with E-state index >= 15 is 0 Å². The molecule has 0 aliphatic carbocycles. The second kappa shape index (κ2) is 5.25. The quantitative estimate of drug-likeness (QED) is 0.814. The summed E-state index contributed by atoms with van der Waals surface area (Å²) in [5.41, 5.74) is 0.237. The van der Waals surface area contributed by atoms with Crippen molar-refractivity contribution in [2.45, 2.75) is 19.4 Å². The molecule has 0 saturated carbocycles. The van der Waals surface area contributed by atoms with Crippen LogP contribution in [-0.2, 0) is 4.79 Å². The highest BCUT2D eigenvalue weighted by Gasteiger charge is 2.18. The fourth-order valence-corrected chi connectivity index (χ4v) is 1.18. The van der Waals surface area contributed by atoms with E-state index in [0.29, 0.717) is 6.42 Å². The average molecular weight is 225 g/mol. The number of carbonyl (C=O) groups excluding carboxylic acids is 1. The fraction of sp³-hybridized carbons (Fsp3) is 0.273. The summed E-state index contributed by atoms with van der Waals surface area (Å²) in [7, 11) is 0. The van der Waals surface area contributed by atoms with Crippen LogP contribution in [0.25, 0.3) is 0 Å². The van der Waals surface area contributed by atoms with E-state index in [1.54, 1.807) is 6.92 Å². The fourth-order valence-electron chi connectivity index (χ4n) is 1.18. The summed E-state index contributed by atoms with van der Waals surface area (Å²) < 4.78 is 12.6. The van der Waals surface area contributed by atoms with Gasteiger partial charge in [0.05, 0.1) is 0 Å². The number of rotatable bonds is 4. The summed E-state index contributed by atoms with van der Waals surface area (Å²) in [5, 5.41) is 11.1. The topological polar surface area (TPSA) is 66.4 Å². The first kappa shape index (κ1) is 12.2. The molecule has 0 radical (unpaired) electrons. The molecule has 86 valence electrons. The molecular weight excluding hydrogens is 213 g/mol. The molecule has 0 aliphatic rings. The van der Waals surface area contributed by atoms with Crippen LogP contribution < -0.4 is 5.32 Å². The van der Waals surface area contributed by atoms with Crippen LogP contribution in [0, 0.1) is 5.82 Å². The molecule has 0 spiro atoms. The van der Waals surface area contributed by atoms with Gasteiger partial charge in [-0.3, -0.25) is 4.79 Å². The number of carbonyl (C=O) groups is 2. The van der Waals surface area contributed by atoms with Crippen LogP contribution in [0.1, 0.15) is 23.7 Å². The maximum absolute atomic E-state index is 12.6. The molecule has 0 aliphatic heterocycles. The third-order valence-corrected chi connectivity index (χ3v) is 2.12. The van der Waals surface area contributed by atoms with Crippen molar-refractivity contribution in [1.82, 2.24) is 5.32 Å². The Kier molecular flexibility index (Phi) is 3.99. The predicted octanol–water partition coefficient (Wildman–Crippen LogP) is 1.42. The Balaban J connectivity index is 2.71. The molecule has 1 atom stereocenters. The zero-order valence-corrected chi connectivity index (χ0v) is 8.74. The monoisotopic (exact) mass is 225 g/mol. The van der Waals surface area contributed by atoms with Gasteiger partial charge in [-0.2, -0.15) is 0 Å². The van der Waals surface area contributed by atoms with Gasteiger partial charge in [-0.15, -0.1) is 0 Å². The van der Waals surface area contributed by atoms with E-state index in [9.17, 15) is 14.0 Å². The van der Waals surface area contributed by atoms with E-state index in [1.165, 1.54) is 12.1 Å². The van der Waals surface area contributed by atoms with Crippen molar-refractivity contribution in [2.75, 3.05) is 0 Å². The second-order valence-electron chi connectivity index (χ2n) is 3.28. The van der Waals surface area contributed by atoms with E-state index in [2.05, 4.69) is 5.32 Å². The Bertz CT molecular complexity index is 389. The van der Waals surface area contributed by atoms with Gasteiger partial charge in [0.1, 0.15) is 11.9 Å². The number of hydrogen-bond donors (Lipinski definition) is 2. The van der Waals surface area contributed by atoms with Crippen LogP contribution in [0.5, 0.6) is 0 Å². The van der Waals surface area contributed by atoms with Crippen molar-refractivity contribution in [3.05, 3.63) is 35.6 Å². The Morgan fingerprint density at radius 2 is 1.94 bits per heavy atom. The van der Waals surface area contributed by atoms with Crippen LogP contribution in [-0.4, -0.2) is 23.0 Å². The Labute approximate surface area is 92.1 Å². The summed E-state index contributed by atoms with van der Waals surface area (Å²) in [4.78, 5) is 22.2. The van der Waals surface area contributed by atoms with Crippen molar-refractivity contribution in [2.24, 2.45) is 0 Å². The Hall–Kier alpha value is -1.91. The molecule has 2 N–H and O–H groups in total. The number of aliphatic carboxylic acids is 1. The smallest absolute Gasteiger partial charge is 0.326 e. The highest BCUT2D eigenvalue weighted by atomic mass is 19.1. The molecule has 1 aromatic rings. The Morgan fingerprint density at radius 3 is 2.38 bits per heavy atom. The van der Waals surface area contributed by atoms with E-state index in [1.807, 2.05) is 0 Å². The molecule has 0 bridgehead atoms. The molecule has 1 aromatic carbocycles. The normalized spacial score (nSPS) is 11.9. The summed E-state index contributed by atoms with van der Waals surface area (Å²) in [6.45, 7) is 1.66. The zero-order valence-electron chi connectivity index (χ0n) is 8.74. The van der Waals surface area contributed by atoms with E-state index < -0.39 is 23.7 Å². The molecule has 1 amide bonds. The molecule has 4 nitrogen and oxygen atoms in total. The number of halogens is 1.